The molecule has 1 aliphatic rings. The quantitative estimate of drug-likeness (QED) is 0.877. The van der Waals surface area contributed by atoms with Gasteiger partial charge in [0.05, 0.1) is 12.6 Å². The Bertz CT molecular complexity index is 335. The highest BCUT2D eigenvalue weighted by Gasteiger charge is 2.23. The van der Waals surface area contributed by atoms with E-state index < -0.39 is 0 Å². The molecule has 1 atom stereocenters. The monoisotopic (exact) mass is 274 g/mol. The van der Waals surface area contributed by atoms with Crippen LogP contribution >= 0.6 is 27.3 Å². The number of nitrogens with one attached hydrogen (secondary N) is 2. The summed E-state index contributed by atoms with van der Waals surface area (Å²) in [5.74, 6) is 0.108. The van der Waals surface area contributed by atoms with E-state index in [1.807, 2.05) is 11.4 Å². The van der Waals surface area contributed by atoms with Crippen LogP contribution in [0.3, 0.4) is 0 Å². The lowest BCUT2D eigenvalue weighted by Crippen LogP contribution is -2.52. The molecule has 2 rings (SSSR count). The fourth-order valence-corrected chi connectivity index (χ4v) is 2.69. The summed E-state index contributed by atoms with van der Waals surface area (Å²) in [6, 6.07) is 2.03. The summed E-state index contributed by atoms with van der Waals surface area (Å²) in [6.45, 7) is 1.58. The number of hydrogen-bond acceptors (Lipinski definition) is 3. The predicted molar refractivity (Wildman–Crippen MR) is 60.3 cm³/mol. The molecule has 1 unspecified atom stereocenters. The van der Waals surface area contributed by atoms with Gasteiger partial charge in [-0.3, -0.25) is 4.79 Å². The maximum Gasteiger partial charge on any atom is 0.237 e. The zero-order valence-electron chi connectivity index (χ0n) is 7.55. The fourth-order valence-electron chi connectivity index (χ4n) is 1.25. The highest BCUT2D eigenvalue weighted by molar-refractivity contribution is 9.10. The third-order valence-corrected chi connectivity index (χ3v) is 4.18. The summed E-state index contributed by atoms with van der Waals surface area (Å²) in [6.07, 6.45) is 0.956. The van der Waals surface area contributed by atoms with Crippen molar-refractivity contribution in [3.8, 4) is 0 Å². The second-order valence-corrected chi connectivity index (χ2v) is 5.06. The standard InChI is InChI=1S/C9H11BrN2OS/c10-6-2-4-14-8(6)5-12-9(13)7-1-3-11-7/h2,4,7,11H,1,3,5H2,(H,12,13). The maximum atomic E-state index is 11.4. The van der Waals surface area contributed by atoms with Gasteiger partial charge in [-0.05, 0) is 40.3 Å². The van der Waals surface area contributed by atoms with Crippen molar-refractivity contribution in [3.05, 3.63) is 20.8 Å². The molecule has 76 valence electrons. The molecule has 0 bridgehead atoms. The van der Waals surface area contributed by atoms with Crippen molar-refractivity contribution < 1.29 is 4.79 Å². The van der Waals surface area contributed by atoms with Gasteiger partial charge in [0.15, 0.2) is 0 Å². The van der Waals surface area contributed by atoms with Crippen LogP contribution in [0.2, 0.25) is 0 Å². The molecule has 0 aliphatic carbocycles. The van der Waals surface area contributed by atoms with E-state index in [1.54, 1.807) is 11.3 Å². The topological polar surface area (TPSA) is 41.1 Å². The fraction of sp³-hybridized carbons (Fsp3) is 0.444. The largest absolute Gasteiger partial charge is 0.350 e. The lowest BCUT2D eigenvalue weighted by atomic mass is 10.1. The van der Waals surface area contributed by atoms with E-state index in [4.69, 9.17) is 0 Å². The molecule has 1 aromatic rings. The minimum Gasteiger partial charge on any atom is -0.350 e. The first kappa shape index (κ1) is 10.1. The molecule has 1 aromatic heterocycles. The summed E-state index contributed by atoms with van der Waals surface area (Å²) < 4.78 is 1.07. The second-order valence-electron chi connectivity index (χ2n) is 3.20. The average molecular weight is 275 g/mol. The van der Waals surface area contributed by atoms with Crippen LogP contribution in [0.5, 0.6) is 0 Å². The van der Waals surface area contributed by atoms with Gasteiger partial charge in [-0.15, -0.1) is 11.3 Å². The molecular weight excluding hydrogens is 264 g/mol. The SMILES string of the molecule is O=C(NCc1sccc1Br)C1CCN1. The molecule has 14 heavy (non-hydrogen) atoms. The van der Waals surface area contributed by atoms with Gasteiger partial charge < -0.3 is 10.6 Å². The molecule has 5 heteroatoms. The Morgan fingerprint density at radius 1 is 1.79 bits per heavy atom. The first-order valence-corrected chi connectivity index (χ1v) is 6.17. The van der Waals surface area contributed by atoms with E-state index in [9.17, 15) is 4.79 Å². The number of carbonyl (C=O) groups excluding carboxylic acids is 1. The van der Waals surface area contributed by atoms with E-state index in [-0.39, 0.29) is 11.9 Å². The Labute approximate surface area is 95.0 Å². The normalized spacial score (nSPS) is 20.2. The van der Waals surface area contributed by atoms with E-state index in [0.717, 1.165) is 22.3 Å². The van der Waals surface area contributed by atoms with Gasteiger partial charge in [0.2, 0.25) is 5.91 Å². The van der Waals surface area contributed by atoms with E-state index in [1.165, 1.54) is 0 Å². The third kappa shape index (κ3) is 2.16. The summed E-state index contributed by atoms with van der Waals surface area (Å²) >= 11 is 5.07. The van der Waals surface area contributed by atoms with Gasteiger partial charge in [-0.2, -0.15) is 0 Å². The molecule has 3 nitrogen and oxygen atoms in total. The van der Waals surface area contributed by atoms with Crippen LogP contribution < -0.4 is 10.6 Å². The molecule has 0 saturated carbocycles. The second kappa shape index (κ2) is 4.42. The lowest BCUT2D eigenvalue weighted by Gasteiger charge is -2.26. The predicted octanol–water partition coefficient (Wildman–Crippen LogP) is 1.49. The minimum atomic E-state index is 0.0359. The Hall–Kier alpha value is -0.390. The average Bonchev–Trinajstić information content (AvgIpc) is 2.44. The molecule has 2 heterocycles. The first-order valence-electron chi connectivity index (χ1n) is 4.50. The van der Waals surface area contributed by atoms with Crippen LogP contribution in [0.1, 0.15) is 11.3 Å². The molecule has 2 N–H and O–H groups in total. The van der Waals surface area contributed by atoms with Gasteiger partial charge in [-0.25, -0.2) is 0 Å². The zero-order chi connectivity index (χ0) is 9.97. The Morgan fingerprint density at radius 2 is 2.57 bits per heavy atom. The molecule has 1 fully saturated rings. The molecular formula is C9H11BrN2OS. The van der Waals surface area contributed by atoms with Crippen LogP contribution in [0, 0.1) is 0 Å². The van der Waals surface area contributed by atoms with E-state index >= 15 is 0 Å². The highest BCUT2D eigenvalue weighted by Crippen LogP contribution is 2.22. The van der Waals surface area contributed by atoms with Crippen molar-refractivity contribution in [3.63, 3.8) is 0 Å². The van der Waals surface area contributed by atoms with E-state index in [2.05, 4.69) is 26.6 Å². The van der Waals surface area contributed by atoms with Crippen LogP contribution in [-0.2, 0) is 11.3 Å². The molecule has 1 aliphatic heterocycles. The van der Waals surface area contributed by atoms with Crippen LogP contribution in [0.4, 0.5) is 0 Å². The highest BCUT2D eigenvalue weighted by atomic mass is 79.9. The number of rotatable bonds is 3. The summed E-state index contributed by atoms with van der Waals surface area (Å²) in [5, 5.41) is 7.98. The number of carbonyl (C=O) groups is 1. The van der Waals surface area contributed by atoms with Crippen molar-refractivity contribution in [1.82, 2.24) is 10.6 Å². The Morgan fingerprint density at radius 3 is 3.07 bits per heavy atom. The van der Waals surface area contributed by atoms with Gasteiger partial charge in [0.1, 0.15) is 0 Å². The number of amides is 1. The molecule has 1 amide bonds. The zero-order valence-corrected chi connectivity index (χ0v) is 9.95. The van der Waals surface area contributed by atoms with Crippen molar-refractivity contribution >= 4 is 33.2 Å². The number of halogens is 1. The number of hydrogen-bond donors (Lipinski definition) is 2. The Kier molecular flexibility index (Phi) is 3.20. The molecule has 0 spiro atoms. The van der Waals surface area contributed by atoms with Crippen molar-refractivity contribution in [2.75, 3.05) is 6.54 Å². The smallest absolute Gasteiger partial charge is 0.237 e. The van der Waals surface area contributed by atoms with Crippen molar-refractivity contribution in [2.45, 2.75) is 19.0 Å². The number of thiophene rings is 1. The Balaban J connectivity index is 1.82. The van der Waals surface area contributed by atoms with Crippen LogP contribution in [0.15, 0.2) is 15.9 Å². The summed E-state index contributed by atoms with van der Waals surface area (Å²) in [5.41, 5.74) is 0. The minimum absolute atomic E-state index is 0.0359. The maximum absolute atomic E-state index is 11.4. The molecule has 1 saturated heterocycles. The van der Waals surface area contributed by atoms with Crippen molar-refractivity contribution in [2.24, 2.45) is 0 Å². The van der Waals surface area contributed by atoms with Gasteiger partial charge in [0.25, 0.3) is 0 Å². The summed E-state index contributed by atoms with van der Waals surface area (Å²) in [4.78, 5) is 12.6. The van der Waals surface area contributed by atoms with Crippen LogP contribution in [-0.4, -0.2) is 18.5 Å². The summed E-state index contributed by atoms with van der Waals surface area (Å²) in [7, 11) is 0. The lowest BCUT2D eigenvalue weighted by molar-refractivity contribution is -0.124. The molecule has 0 radical (unpaired) electrons. The van der Waals surface area contributed by atoms with Crippen molar-refractivity contribution in [1.29, 1.82) is 0 Å². The third-order valence-electron chi connectivity index (χ3n) is 2.25. The van der Waals surface area contributed by atoms with Crippen LogP contribution in [0.25, 0.3) is 0 Å². The van der Waals surface area contributed by atoms with Gasteiger partial charge in [-0.1, -0.05) is 0 Å². The molecule has 0 aromatic carbocycles. The first-order chi connectivity index (χ1) is 6.77. The van der Waals surface area contributed by atoms with E-state index in [0.29, 0.717) is 6.54 Å². The van der Waals surface area contributed by atoms with Gasteiger partial charge >= 0.3 is 0 Å². The van der Waals surface area contributed by atoms with Gasteiger partial charge in [0, 0.05) is 9.35 Å².